The Balaban J connectivity index is 1.62. The number of amides is 1. The third-order valence-electron chi connectivity index (χ3n) is 4.15. The van der Waals surface area contributed by atoms with Crippen molar-refractivity contribution in [3.8, 4) is 11.1 Å². The van der Waals surface area contributed by atoms with Crippen LogP contribution in [-0.4, -0.2) is 17.9 Å². The maximum Gasteiger partial charge on any atom is 0.227 e. The number of hydrogen-bond donors (Lipinski definition) is 0. The van der Waals surface area contributed by atoms with Crippen LogP contribution in [0.15, 0.2) is 78.9 Å². The molecule has 0 unspecified atom stereocenters. The zero-order valence-corrected chi connectivity index (χ0v) is 14.9. The summed E-state index contributed by atoms with van der Waals surface area (Å²) in [5.41, 5.74) is 4.38. The minimum Gasteiger partial charge on any atom is -0.341 e. The van der Waals surface area contributed by atoms with E-state index in [-0.39, 0.29) is 5.91 Å². The molecule has 0 N–H and O–H groups in total. The monoisotopic (exact) mass is 349 g/mol. The quantitative estimate of drug-likeness (QED) is 0.619. The Bertz CT molecular complexity index is 843. The van der Waals surface area contributed by atoms with E-state index < -0.39 is 0 Å². The Morgan fingerprint density at radius 2 is 1.52 bits per heavy atom. The van der Waals surface area contributed by atoms with Crippen LogP contribution in [0.3, 0.4) is 0 Å². The summed E-state index contributed by atoms with van der Waals surface area (Å²) in [6.07, 6.45) is 0.395. The molecule has 0 atom stereocenters. The fourth-order valence-electron chi connectivity index (χ4n) is 2.75. The van der Waals surface area contributed by atoms with E-state index >= 15 is 0 Å². The van der Waals surface area contributed by atoms with Gasteiger partial charge in [0, 0.05) is 18.6 Å². The molecule has 0 saturated heterocycles. The number of benzene rings is 3. The van der Waals surface area contributed by atoms with Gasteiger partial charge in [0.15, 0.2) is 0 Å². The second kappa shape index (κ2) is 8.00. The van der Waals surface area contributed by atoms with Crippen molar-refractivity contribution in [3.05, 3.63) is 95.0 Å². The van der Waals surface area contributed by atoms with E-state index in [1.54, 1.807) is 4.90 Å². The van der Waals surface area contributed by atoms with Gasteiger partial charge in [0.2, 0.25) is 5.91 Å². The lowest BCUT2D eigenvalue weighted by Crippen LogP contribution is -2.27. The molecule has 0 heterocycles. The summed E-state index contributed by atoms with van der Waals surface area (Å²) < 4.78 is 0. The van der Waals surface area contributed by atoms with Crippen LogP contribution in [0.1, 0.15) is 11.1 Å². The number of halogens is 1. The maximum atomic E-state index is 12.4. The Labute approximate surface area is 153 Å². The van der Waals surface area contributed by atoms with Crippen molar-refractivity contribution in [3.63, 3.8) is 0 Å². The van der Waals surface area contributed by atoms with Gasteiger partial charge < -0.3 is 4.90 Å². The van der Waals surface area contributed by atoms with Crippen LogP contribution >= 0.6 is 11.6 Å². The van der Waals surface area contributed by atoms with E-state index in [2.05, 4.69) is 24.3 Å². The summed E-state index contributed by atoms with van der Waals surface area (Å²) in [4.78, 5) is 14.2. The molecule has 0 aliphatic rings. The standard InChI is InChI=1S/C22H20ClNO/c1-24(16-18-6-5-9-21(23)14-18)22(25)15-17-10-12-20(13-11-17)19-7-3-2-4-8-19/h2-14H,15-16H2,1H3. The summed E-state index contributed by atoms with van der Waals surface area (Å²) in [6.45, 7) is 0.557. The highest BCUT2D eigenvalue weighted by Crippen LogP contribution is 2.20. The van der Waals surface area contributed by atoms with Gasteiger partial charge in [-0.05, 0) is 34.4 Å². The second-order valence-corrected chi connectivity index (χ2v) is 6.56. The smallest absolute Gasteiger partial charge is 0.227 e. The maximum absolute atomic E-state index is 12.4. The fourth-order valence-corrected chi connectivity index (χ4v) is 2.97. The van der Waals surface area contributed by atoms with Crippen LogP contribution in [0.2, 0.25) is 5.02 Å². The molecule has 1 amide bonds. The molecule has 0 spiro atoms. The molecule has 0 saturated carbocycles. The van der Waals surface area contributed by atoms with E-state index in [1.807, 2.05) is 61.6 Å². The summed E-state index contributed by atoms with van der Waals surface area (Å²) >= 11 is 6.00. The van der Waals surface area contributed by atoms with Crippen LogP contribution in [0.25, 0.3) is 11.1 Å². The van der Waals surface area contributed by atoms with Gasteiger partial charge >= 0.3 is 0 Å². The zero-order chi connectivity index (χ0) is 17.6. The van der Waals surface area contributed by atoms with Gasteiger partial charge in [-0.3, -0.25) is 4.79 Å². The molecule has 0 bridgehead atoms. The van der Waals surface area contributed by atoms with Crippen molar-refractivity contribution < 1.29 is 4.79 Å². The number of rotatable bonds is 5. The topological polar surface area (TPSA) is 20.3 Å². The van der Waals surface area contributed by atoms with Crippen LogP contribution in [-0.2, 0) is 17.8 Å². The molecule has 0 radical (unpaired) electrons. The van der Waals surface area contributed by atoms with Gasteiger partial charge in [-0.2, -0.15) is 0 Å². The van der Waals surface area contributed by atoms with Crippen molar-refractivity contribution in [2.24, 2.45) is 0 Å². The number of hydrogen-bond acceptors (Lipinski definition) is 1. The van der Waals surface area contributed by atoms with Crippen LogP contribution in [0.4, 0.5) is 0 Å². The first kappa shape index (κ1) is 17.2. The summed E-state index contributed by atoms with van der Waals surface area (Å²) in [6, 6.07) is 26.0. The molecule has 2 nitrogen and oxygen atoms in total. The van der Waals surface area contributed by atoms with Crippen molar-refractivity contribution >= 4 is 17.5 Å². The number of carbonyl (C=O) groups is 1. The highest BCUT2D eigenvalue weighted by molar-refractivity contribution is 6.30. The summed E-state index contributed by atoms with van der Waals surface area (Å²) in [7, 11) is 1.82. The lowest BCUT2D eigenvalue weighted by atomic mass is 10.0. The van der Waals surface area contributed by atoms with Gasteiger partial charge in [0.1, 0.15) is 0 Å². The summed E-state index contributed by atoms with van der Waals surface area (Å²) in [5.74, 6) is 0.0902. The van der Waals surface area contributed by atoms with E-state index in [0.29, 0.717) is 18.0 Å². The Hall–Kier alpha value is -2.58. The first-order chi connectivity index (χ1) is 12.1. The molecular weight excluding hydrogens is 330 g/mol. The molecule has 0 aliphatic heterocycles. The molecule has 3 heteroatoms. The largest absolute Gasteiger partial charge is 0.341 e. The molecular formula is C22H20ClNO. The fraction of sp³-hybridized carbons (Fsp3) is 0.136. The third-order valence-corrected chi connectivity index (χ3v) is 4.39. The molecule has 0 aliphatic carbocycles. The molecule has 3 aromatic carbocycles. The molecule has 3 rings (SSSR count). The van der Waals surface area contributed by atoms with Crippen molar-refractivity contribution in [2.75, 3.05) is 7.05 Å². The average molecular weight is 350 g/mol. The van der Waals surface area contributed by atoms with Crippen molar-refractivity contribution in [2.45, 2.75) is 13.0 Å². The van der Waals surface area contributed by atoms with Gasteiger partial charge in [-0.15, -0.1) is 0 Å². The third kappa shape index (κ3) is 4.71. The Morgan fingerprint density at radius 3 is 2.20 bits per heavy atom. The lowest BCUT2D eigenvalue weighted by molar-refractivity contribution is -0.129. The van der Waals surface area contributed by atoms with E-state index in [0.717, 1.165) is 16.7 Å². The summed E-state index contributed by atoms with van der Waals surface area (Å²) in [5, 5.41) is 0.690. The highest BCUT2D eigenvalue weighted by Gasteiger charge is 2.10. The van der Waals surface area contributed by atoms with Gasteiger partial charge in [0.05, 0.1) is 6.42 Å². The van der Waals surface area contributed by atoms with E-state index in [9.17, 15) is 4.79 Å². The second-order valence-electron chi connectivity index (χ2n) is 6.12. The number of nitrogens with zero attached hydrogens (tertiary/aromatic N) is 1. The number of carbonyl (C=O) groups excluding carboxylic acids is 1. The first-order valence-corrected chi connectivity index (χ1v) is 8.62. The van der Waals surface area contributed by atoms with Crippen molar-refractivity contribution in [1.82, 2.24) is 4.90 Å². The molecule has 126 valence electrons. The van der Waals surface area contributed by atoms with Gasteiger partial charge in [-0.25, -0.2) is 0 Å². The van der Waals surface area contributed by atoms with Crippen LogP contribution in [0.5, 0.6) is 0 Å². The zero-order valence-electron chi connectivity index (χ0n) is 14.2. The van der Waals surface area contributed by atoms with Gasteiger partial charge in [-0.1, -0.05) is 78.3 Å². The van der Waals surface area contributed by atoms with Crippen molar-refractivity contribution in [1.29, 1.82) is 0 Å². The molecule has 0 fully saturated rings. The average Bonchev–Trinajstić information content (AvgIpc) is 2.63. The predicted molar refractivity (Wildman–Crippen MR) is 104 cm³/mol. The highest BCUT2D eigenvalue weighted by atomic mass is 35.5. The van der Waals surface area contributed by atoms with Crippen LogP contribution in [0, 0.1) is 0 Å². The molecule has 0 aromatic heterocycles. The normalized spacial score (nSPS) is 10.5. The predicted octanol–water partition coefficient (Wildman–Crippen LogP) is 5.21. The lowest BCUT2D eigenvalue weighted by Gasteiger charge is -2.17. The molecule has 25 heavy (non-hydrogen) atoms. The Kier molecular flexibility index (Phi) is 5.52. The SMILES string of the molecule is CN(Cc1cccc(Cl)c1)C(=O)Cc1ccc(-c2ccccc2)cc1. The minimum atomic E-state index is 0.0902. The first-order valence-electron chi connectivity index (χ1n) is 8.24. The number of likely N-dealkylation sites (N-methyl/N-ethyl adjacent to an activating group) is 1. The van der Waals surface area contributed by atoms with Crippen LogP contribution < -0.4 is 0 Å². The Morgan fingerprint density at radius 1 is 0.840 bits per heavy atom. The minimum absolute atomic E-state index is 0.0902. The van der Waals surface area contributed by atoms with E-state index in [4.69, 9.17) is 11.6 Å². The van der Waals surface area contributed by atoms with Gasteiger partial charge in [0.25, 0.3) is 0 Å². The van der Waals surface area contributed by atoms with E-state index in [1.165, 1.54) is 5.56 Å². The molecule has 3 aromatic rings.